The third-order valence-electron chi connectivity index (χ3n) is 4.83. The Balaban J connectivity index is 1.79. The maximum Gasteiger partial charge on any atom is 0.268 e. The van der Waals surface area contributed by atoms with Gasteiger partial charge < -0.3 is 15.2 Å². The summed E-state index contributed by atoms with van der Waals surface area (Å²) in [5.41, 5.74) is 2.66. The monoisotopic (exact) mass is 319 g/mol. The van der Waals surface area contributed by atoms with Gasteiger partial charge in [0.15, 0.2) is 5.78 Å². The largest absolute Gasteiger partial charge is 0.354 e. The number of Topliss-reactive ketones (excluding diaryl/α,β-unsaturated/α-hetero) is 1. The second kappa shape index (κ2) is 7.77. The summed E-state index contributed by atoms with van der Waals surface area (Å²) in [5.74, 6) is 0.723. The van der Waals surface area contributed by atoms with E-state index in [0.717, 1.165) is 30.1 Å². The summed E-state index contributed by atoms with van der Waals surface area (Å²) in [6, 6.07) is 0. The Morgan fingerprint density at radius 3 is 2.48 bits per heavy atom. The molecule has 0 atom stereocenters. The van der Waals surface area contributed by atoms with Crippen molar-refractivity contribution in [2.24, 2.45) is 5.92 Å². The predicted molar refractivity (Wildman–Crippen MR) is 92.1 cm³/mol. The van der Waals surface area contributed by atoms with E-state index in [1.54, 1.807) is 0 Å². The first kappa shape index (κ1) is 17.7. The van der Waals surface area contributed by atoms with Crippen LogP contribution in [0.25, 0.3) is 0 Å². The molecule has 1 aromatic heterocycles. The normalized spacial score (nSPS) is 16.5. The maximum absolute atomic E-state index is 12.3. The average Bonchev–Trinajstić information content (AvgIpc) is 2.80. The highest BCUT2D eigenvalue weighted by atomic mass is 16.2. The topological polar surface area (TPSA) is 65.2 Å². The number of piperidine rings is 1. The Bertz CT molecular complexity index is 569. The van der Waals surface area contributed by atoms with Crippen molar-refractivity contribution in [3.63, 3.8) is 0 Å². The number of carbonyl (C=O) groups excluding carboxylic acids is 2. The molecule has 0 aliphatic carbocycles. The first-order chi connectivity index (χ1) is 10.9. The Labute approximate surface area is 138 Å². The van der Waals surface area contributed by atoms with Crippen molar-refractivity contribution >= 4 is 11.7 Å². The van der Waals surface area contributed by atoms with Crippen LogP contribution in [-0.4, -0.2) is 47.8 Å². The van der Waals surface area contributed by atoms with Crippen LogP contribution in [0.3, 0.4) is 0 Å². The van der Waals surface area contributed by atoms with E-state index in [1.807, 2.05) is 13.8 Å². The lowest BCUT2D eigenvalue weighted by molar-refractivity contribution is 0.0945. The molecule has 0 saturated carbocycles. The van der Waals surface area contributed by atoms with Gasteiger partial charge in [-0.15, -0.1) is 0 Å². The van der Waals surface area contributed by atoms with Crippen LogP contribution in [0.15, 0.2) is 0 Å². The minimum atomic E-state index is -0.120. The number of aromatic nitrogens is 1. The molecule has 5 nitrogen and oxygen atoms in total. The number of carbonyl (C=O) groups is 2. The maximum atomic E-state index is 12.3. The molecule has 0 unspecified atom stereocenters. The first-order valence-corrected chi connectivity index (χ1v) is 8.60. The smallest absolute Gasteiger partial charge is 0.268 e. The lowest BCUT2D eigenvalue weighted by Crippen LogP contribution is -2.35. The van der Waals surface area contributed by atoms with Crippen LogP contribution in [0.1, 0.15) is 65.2 Å². The quantitative estimate of drug-likeness (QED) is 0.626. The number of hydrogen-bond donors (Lipinski definition) is 2. The summed E-state index contributed by atoms with van der Waals surface area (Å²) < 4.78 is 0. The van der Waals surface area contributed by atoms with Gasteiger partial charge in [0.2, 0.25) is 0 Å². The molecule has 2 N–H and O–H groups in total. The first-order valence-electron chi connectivity index (χ1n) is 8.60. The number of nitrogens with zero attached hydrogens (tertiary/aromatic N) is 1. The van der Waals surface area contributed by atoms with Crippen LogP contribution in [-0.2, 0) is 0 Å². The number of nitrogens with one attached hydrogen (secondary N) is 2. The van der Waals surface area contributed by atoms with Crippen molar-refractivity contribution in [1.82, 2.24) is 15.2 Å². The number of aromatic amines is 1. The molecule has 1 saturated heterocycles. The Hall–Kier alpha value is -1.62. The number of hydrogen-bond acceptors (Lipinski definition) is 3. The third-order valence-corrected chi connectivity index (χ3v) is 4.83. The van der Waals surface area contributed by atoms with E-state index in [2.05, 4.69) is 22.1 Å². The van der Waals surface area contributed by atoms with Crippen LogP contribution >= 0.6 is 0 Å². The zero-order chi connectivity index (χ0) is 17.0. The van der Waals surface area contributed by atoms with Gasteiger partial charge >= 0.3 is 0 Å². The molecule has 0 radical (unpaired) electrons. The lowest BCUT2D eigenvalue weighted by Gasteiger charge is -2.30. The van der Waals surface area contributed by atoms with Crippen molar-refractivity contribution in [2.75, 3.05) is 26.2 Å². The number of rotatable bonds is 6. The van der Waals surface area contributed by atoms with Gasteiger partial charge in [0.1, 0.15) is 5.69 Å². The molecule has 1 aliphatic rings. The van der Waals surface area contributed by atoms with Crippen LogP contribution < -0.4 is 5.32 Å². The van der Waals surface area contributed by atoms with Crippen LogP contribution in [0, 0.1) is 19.8 Å². The van der Waals surface area contributed by atoms with Crippen molar-refractivity contribution in [3.05, 3.63) is 22.5 Å². The summed E-state index contributed by atoms with van der Waals surface area (Å²) in [6.07, 6.45) is 3.51. The molecule has 5 heteroatoms. The van der Waals surface area contributed by atoms with Gasteiger partial charge in [0.25, 0.3) is 5.91 Å². The van der Waals surface area contributed by atoms with E-state index >= 15 is 0 Å². The SMILES string of the molecule is CC(=O)c1c(C)[nH]c(C(=O)NCCCN2CCC(C)CC2)c1C. The molecule has 2 rings (SSSR count). The van der Waals surface area contributed by atoms with E-state index in [1.165, 1.54) is 32.9 Å². The molecule has 128 valence electrons. The van der Waals surface area contributed by atoms with Crippen LogP contribution in [0.5, 0.6) is 0 Å². The fourth-order valence-corrected chi connectivity index (χ4v) is 3.38. The van der Waals surface area contributed by atoms with E-state index < -0.39 is 0 Å². The summed E-state index contributed by atoms with van der Waals surface area (Å²) in [4.78, 5) is 29.4. The van der Waals surface area contributed by atoms with Gasteiger partial charge in [-0.25, -0.2) is 0 Å². The zero-order valence-electron chi connectivity index (χ0n) is 14.8. The van der Waals surface area contributed by atoms with Gasteiger partial charge in [-0.2, -0.15) is 0 Å². The van der Waals surface area contributed by atoms with E-state index in [4.69, 9.17) is 0 Å². The van der Waals surface area contributed by atoms with E-state index in [-0.39, 0.29) is 11.7 Å². The van der Waals surface area contributed by atoms with Crippen molar-refractivity contribution < 1.29 is 9.59 Å². The van der Waals surface area contributed by atoms with Gasteiger partial charge in [-0.1, -0.05) is 6.92 Å². The molecular weight excluding hydrogens is 290 g/mol. The fourth-order valence-electron chi connectivity index (χ4n) is 3.38. The zero-order valence-corrected chi connectivity index (χ0v) is 14.8. The van der Waals surface area contributed by atoms with Gasteiger partial charge in [-0.3, -0.25) is 9.59 Å². The highest BCUT2D eigenvalue weighted by Gasteiger charge is 2.19. The number of likely N-dealkylation sites (tertiary alicyclic amines) is 1. The highest BCUT2D eigenvalue weighted by molar-refractivity contribution is 6.02. The molecule has 1 fully saturated rings. The molecule has 2 heterocycles. The van der Waals surface area contributed by atoms with Crippen molar-refractivity contribution in [1.29, 1.82) is 0 Å². The molecular formula is C18H29N3O2. The number of aryl methyl sites for hydroxylation is 1. The molecule has 1 amide bonds. The van der Waals surface area contributed by atoms with Crippen LogP contribution in [0.2, 0.25) is 0 Å². The summed E-state index contributed by atoms with van der Waals surface area (Å²) in [5, 5.41) is 2.96. The Morgan fingerprint density at radius 1 is 1.26 bits per heavy atom. The van der Waals surface area contributed by atoms with Crippen molar-refractivity contribution in [2.45, 2.75) is 47.0 Å². The number of amides is 1. The molecule has 0 spiro atoms. The van der Waals surface area contributed by atoms with E-state index in [9.17, 15) is 9.59 Å². The molecule has 1 aromatic rings. The van der Waals surface area contributed by atoms with Crippen molar-refractivity contribution in [3.8, 4) is 0 Å². The minimum Gasteiger partial charge on any atom is -0.354 e. The number of H-pyrrole nitrogens is 1. The average molecular weight is 319 g/mol. The lowest BCUT2D eigenvalue weighted by atomic mass is 9.99. The van der Waals surface area contributed by atoms with Gasteiger partial charge in [-0.05, 0) is 71.1 Å². The highest BCUT2D eigenvalue weighted by Crippen LogP contribution is 2.18. The predicted octanol–water partition coefficient (Wildman–Crippen LogP) is 2.69. The molecule has 23 heavy (non-hydrogen) atoms. The Morgan fingerprint density at radius 2 is 1.91 bits per heavy atom. The molecule has 0 bridgehead atoms. The summed E-state index contributed by atoms with van der Waals surface area (Å²) >= 11 is 0. The Kier molecular flexibility index (Phi) is 5.99. The standard InChI is InChI=1S/C18H29N3O2/c1-12-6-10-21(11-7-12)9-5-8-19-18(23)17-13(2)16(15(4)22)14(3)20-17/h12,20H,5-11H2,1-4H3,(H,19,23). The van der Waals surface area contributed by atoms with Gasteiger partial charge in [0, 0.05) is 17.8 Å². The number of ketones is 1. The fraction of sp³-hybridized carbons (Fsp3) is 0.667. The second-order valence-corrected chi connectivity index (χ2v) is 6.81. The summed E-state index contributed by atoms with van der Waals surface area (Å²) in [6.45, 7) is 11.5. The van der Waals surface area contributed by atoms with Crippen LogP contribution in [0.4, 0.5) is 0 Å². The minimum absolute atomic E-state index is 0.00498. The summed E-state index contributed by atoms with van der Waals surface area (Å²) in [7, 11) is 0. The molecule has 0 aromatic carbocycles. The van der Waals surface area contributed by atoms with E-state index in [0.29, 0.717) is 17.8 Å². The van der Waals surface area contributed by atoms with Gasteiger partial charge in [0.05, 0.1) is 0 Å². The molecule has 1 aliphatic heterocycles. The third kappa shape index (κ3) is 4.44. The second-order valence-electron chi connectivity index (χ2n) is 6.81.